The molecule has 0 amide bonds. The van der Waals surface area contributed by atoms with Crippen molar-refractivity contribution in [3.63, 3.8) is 0 Å². The first-order chi connectivity index (χ1) is 10.5. The first-order valence-corrected chi connectivity index (χ1v) is 9.40. The molecule has 0 heterocycles. The Morgan fingerprint density at radius 3 is 2.68 bits per heavy atom. The highest BCUT2D eigenvalue weighted by atomic mass is 16.4. The molecule has 0 aromatic rings. The predicted octanol–water partition coefficient (Wildman–Crippen LogP) is 4.22. The zero-order valence-electron chi connectivity index (χ0n) is 14.1. The standard InChI is InChI=1S/C19H31NO2/c1-18-10-4-3-5-12(18)6-7-13-14-8-9-16(20-22)19(14,2)11-15(21)17(13)18/h12-15,17,21-22H,3-11H2,1-2H3/b20-16+. The molecular formula is C19H31NO2. The lowest BCUT2D eigenvalue weighted by atomic mass is 9.44. The average Bonchev–Trinajstić information content (AvgIpc) is 2.82. The predicted molar refractivity (Wildman–Crippen MR) is 87.0 cm³/mol. The van der Waals surface area contributed by atoms with Gasteiger partial charge in [-0.15, -0.1) is 0 Å². The van der Waals surface area contributed by atoms with Crippen LogP contribution in [0.1, 0.15) is 71.6 Å². The second-order valence-electron chi connectivity index (χ2n) is 9.10. The maximum atomic E-state index is 11.1. The summed E-state index contributed by atoms with van der Waals surface area (Å²) < 4.78 is 0. The molecule has 7 unspecified atom stereocenters. The Morgan fingerprint density at radius 2 is 1.91 bits per heavy atom. The van der Waals surface area contributed by atoms with E-state index in [2.05, 4.69) is 19.0 Å². The van der Waals surface area contributed by atoms with Crippen molar-refractivity contribution in [1.29, 1.82) is 0 Å². The first kappa shape index (κ1) is 15.0. The third kappa shape index (κ3) is 1.81. The van der Waals surface area contributed by atoms with Crippen LogP contribution in [0.25, 0.3) is 0 Å². The lowest BCUT2D eigenvalue weighted by Crippen LogP contribution is -2.58. The highest BCUT2D eigenvalue weighted by molar-refractivity contribution is 5.92. The van der Waals surface area contributed by atoms with Crippen molar-refractivity contribution in [2.75, 3.05) is 0 Å². The number of hydrogen-bond donors (Lipinski definition) is 2. The molecule has 4 rings (SSSR count). The summed E-state index contributed by atoms with van der Waals surface area (Å²) in [5.74, 6) is 2.55. The monoisotopic (exact) mass is 305 g/mol. The lowest BCUT2D eigenvalue weighted by molar-refractivity contribution is -0.153. The Morgan fingerprint density at radius 1 is 1.09 bits per heavy atom. The van der Waals surface area contributed by atoms with E-state index in [1.54, 1.807) is 0 Å². The van der Waals surface area contributed by atoms with E-state index >= 15 is 0 Å². The second kappa shape index (κ2) is 4.96. The van der Waals surface area contributed by atoms with Crippen LogP contribution < -0.4 is 0 Å². The van der Waals surface area contributed by atoms with Crippen LogP contribution in [0.5, 0.6) is 0 Å². The Labute approximate surface area is 134 Å². The highest BCUT2D eigenvalue weighted by Gasteiger charge is 2.62. The smallest absolute Gasteiger partial charge is 0.0633 e. The Balaban J connectivity index is 1.71. The quantitative estimate of drug-likeness (QED) is 0.520. The maximum absolute atomic E-state index is 11.1. The zero-order valence-corrected chi connectivity index (χ0v) is 14.1. The molecule has 4 saturated carbocycles. The molecule has 4 fully saturated rings. The molecule has 0 radical (unpaired) electrons. The fraction of sp³-hybridized carbons (Fsp3) is 0.947. The molecule has 4 aliphatic carbocycles. The molecule has 0 saturated heterocycles. The second-order valence-corrected chi connectivity index (χ2v) is 9.10. The van der Waals surface area contributed by atoms with Crippen LogP contribution in [0.3, 0.4) is 0 Å². The minimum absolute atomic E-state index is 0.0623. The van der Waals surface area contributed by atoms with E-state index in [0.29, 0.717) is 23.2 Å². The van der Waals surface area contributed by atoms with Gasteiger partial charge in [0.25, 0.3) is 0 Å². The third-order valence-electron chi connectivity index (χ3n) is 8.38. The number of fused-ring (bicyclic) bond motifs is 5. The molecule has 3 nitrogen and oxygen atoms in total. The zero-order chi connectivity index (χ0) is 15.5. The van der Waals surface area contributed by atoms with Gasteiger partial charge in [-0.25, -0.2) is 0 Å². The molecule has 0 aliphatic heterocycles. The van der Waals surface area contributed by atoms with Crippen LogP contribution in [0.4, 0.5) is 0 Å². The van der Waals surface area contributed by atoms with E-state index in [-0.39, 0.29) is 11.5 Å². The van der Waals surface area contributed by atoms with E-state index in [9.17, 15) is 10.3 Å². The normalized spacial score (nSPS) is 56.3. The molecule has 3 heteroatoms. The Hall–Kier alpha value is -0.570. The largest absolute Gasteiger partial charge is 0.411 e. The van der Waals surface area contributed by atoms with E-state index in [4.69, 9.17) is 0 Å². The summed E-state index contributed by atoms with van der Waals surface area (Å²) in [5, 5.41) is 24.1. The molecule has 0 spiro atoms. The molecule has 0 aromatic heterocycles. The van der Waals surface area contributed by atoms with Crippen molar-refractivity contribution >= 4 is 5.71 Å². The van der Waals surface area contributed by atoms with Gasteiger partial charge in [-0.05, 0) is 74.0 Å². The maximum Gasteiger partial charge on any atom is 0.0633 e. The highest BCUT2D eigenvalue weighted by Crippen LogP contribution is 2.65. The van der Waals surface area contributed by atoms with Crippen molar-refractivity contribution in [3.8, 4) is 0 Å². The molecular weight excluding hydrogens is 274 g/mol. The van der Waals surface area contributed by atoms with Gasteiger partial charge in [-0.1, -0.05) is 31.8 Å². The number of oxime groups is 1. The van der Waals surface area contributed by atoms with Gasteiger partial charge in [0.05, 0.1) is 11.8 Å². The molecule has 7 atom stereocenters. The fourth-order valence-electron chi connectivity index (χ4n) is 7.37. The summed E-state index contributed by atoms with van der Waals surface area (Å²) in [7, 11) is 0. The minimum Gasteiger partial charge on any atom is -0.411 e. The third-order valence-corrected chi connectivity index (χ3v) is 8.38. The van der Waals surface area contributed by atoms with Crippen LogP contribution in [0, 0.1) is 34.5 Å². The fourth-order valence-corrected chi connectivity index (χ4v) is 7.37. The summed E-state index contributed by atoms with van der Waals surface area (Å²) in [6.45, 7) is 4.73. The molecule has 0 aromatic carbocycles. The van der Waals surface area contributed by atoms with Gasteiger partial charge in [0.2, 0.25) is 0 Å². The molecule has 2 N–H and O–H groups in total. The summed E-state index contributed by atoms with van der Waals surface area (Å²) in [5.41, 5.74) is 1.24. The van der Waals surface area contributed by atoms with Crippen molar-refractivity contribution in [2.24, 2.45) is 39.7 Å². The van der Waals surface area contributed by atoms with Gasteiger partial charge >= 0.3 is 0 Å². The summed E-state index contributed by atoms with van der Waals surface area (Å²) in [6.07, 6.45) is 10.7. The SMILES string of the molecule is CC12CC(O)C3C(CCC4CCCCC43C)C1CC/C2=N\O. The van der Waals surface area contributed by atoms with Crippen LogP contribution in [-0.4, -0.2) is 22.1 Å². The van der Waals surface area contributed by atoms with Crippen LogP contribution >= 0.6 is 0 Å². The summed E-state index contributed by atoms with van der Waals surface area (Å²) in [4.78, 5) is 0. The van der Waals surface area contributed by atoms with E-state index < -0.39 is 0 Å². The number of aliphatic hydroxyl groups is 1. The Kier molecular flexibility index (Phi) is 3.38. The van der Waals surface area contributed by atoms with Crippen molar-refractivity contribution in [3.05, 3.63) is 0 Å². The van der Waals surface area contributed by atoms with Gasteiger partial charge in [-0.3, -0.25) is 0 Å². The summed E-state index contributed by atoms with van der Waals surface area (Å²) in [6, 6.07) is 0. The first-order valence-electron chi connectivity index (χ1n) is 9.40. The van der Waals surface area contributed by atoms with E-state index in [1.165, 1.54) is 38.5 Å². The van der Waals surface area contributed by atoms with Crippen molar-refractivity contribution in [2.45, 2.75) is 77.7 Å². The van der Waals surface area contributed by atoms with Crippen LogP contribution in [0.15, 0.2) is 5.16 Å². The van der Waals surface area contributed by atoms with Gasteiger partial charge < -0.3 is 10.3 Å². The van der Waals surface area contributed by atoms with E-state index in [1.807, 2.05) is 0 Å². The minimum atomic E-state index is -0.216. The Bertz CT molecular complexity index is 490. The van der Waals surface area contributed by atoms with Gasteiger partial charge in [0.1, 0.15) is 0 Å². The summed E-state index contributed by atoms with van der Waals surface area (Å²) >= 11 is 0. The van der Waals surface area contributed by atoms with E-state index in [0.717, 1.165) is 30.9 Å². The molecule has 22 heavy (non-hydrogen) atoms. The number of aliphatic hydroxyl groups excluding tert-OH is 1. The molecule has 124 valence electrons. The van der Waals surface area contributed by atoms with Crippen LogP contribution in [-0.2, 0) is 0 Å². The van der Waals surface area contributed by atoms with Crippen LogP contribution in [0.2, 0.25) is 0 Å². The number of hydrogen-bond acceptors (Lipinski definition) is 3. The molecule has 4 aliphatic rings. The van der Waals surface area contributed by atoms with Crippen molar-refractivity contribution < 1.29 is 10.3 Å². The average molecular weight is 305 g/mol. The number of nitrogens with zero attached hydrogens (tertiary/aromatic N) is 1. The van der Waals surface area contributed by atoms with Gasteiger partial charge in [0, 0.05) is 5.41 Å². The molecule has 0 bridgehead atoms. The van der Waals surface area contributed by atoms with Gasteiger partial charge in [0.15, 0.2) is 0 Å². The van der Waals surface area contributed by atoms with Crippen molar-refractivity contribution in [1.82, 2.24) is 0 Å². The van der Waals surface area contributed by atoms with Gasteiger partial charge in [-0.2, -0.15) is 0 Å². The number of rotatable bonds is 0. The lowest BCUT2D eigenvalue weighted by Gasteiger charge is -2.61. The topological polar surface area (TPSA) is 52.8 Å².